The Balaban J connectivity index is 1.41. The molecule has 0 atom stereocenters. The molecule has 1 saturated heterocycles. The Morgan fingerprint density at radius 2 is 1.63 bits per heavy atom. The Hall–Kier alpha value is -3.05. The lowest BCUT2D eigenvalue weighted by atomic mass is 9.80. The number of hydrogen-bond acceptors (Lipinski definition) is 4. The predicted octanol–water partition coefficient (Wildman–Crippen LogP) is 4.08. The highest BCUT2D eigenvalue weighted by Gasteiger charge is 2.36. The van der Waals surface area contributed by atoms with Gasteiger partial charge in [-0.15, -0.1) is 0 Å². The zero-order valence-corrected chi connectivity index (χ0v) is 17.6. The smallest absolute Gasteiger partial charge is 0.217 e. The van der Waals surface area contributed by atoms with Gasteiger partial charge in [-0.3, -0.25) is 9.69 Å². The van der Waals surface area contributed by atoms with E-state index in [1.807, 2.05) is 30.6 Å². The van der Waals surface area contributed by atoms with Crippen LogP contribution in [-0.4, -0.2) is 33.9 Å². The van der Waals surface area contributed by atoms with Crippen LogP contribution in [0.1, 0.15) is 36.5 Å². The Morgan fingerprint density at radius 1 is 1.00 bits per heavy atom. The second kappa shape index (κ2) is 8.76. The molecule has 2 heterocycles. The van der Waals surface area contributed by atoms with Gasteiger partial charge in [-0.25, -0.2) is 9.97 Å². The first-order valence-corrected chi connectivity index (χ1v) is 10.5. The number of nitrogens with one attached hydrogen (secondary N) is 1. The van der Waals surface area contributed by atoms with Crippen LogP contribution in [0, 0.1) is 6.92 Å². The van der Waals surface area contributed by atoms with Gasteiger partial charge in [0.15, 0.2) is 5.82 Å². The van der Waals surface area contributed by atoms with Crippen LogP contribution in [0.25, 0.3) is 11.4 Å². The quantitative estimate of drug-likeness (QED) is 0.701. The summed E-state index contributed by atoms with van der Waals surface area (Å²) >= 11 is 0. The van der Waals surface area contributed by atoms with E-state index in [-0.39, 0.29) is 11.4 Å². The summed E-state index contributed by atoms with van der Waals surface area (Å²) in [5.74, 6) is 0.776. The van der Waals surface area contributed by atoms with Gasteiger partial charge in [0.05, 0.1) is 5.54 Å². The molecular formula is C25H28N4O. The van der Waals surface area contributed by atoms with Gasteiger partial charge in [-0.05, 0) is 25.3 Å². The number of amides is 1. The molecule has 1 amide bonds. The van der Waals surface area contributed by atoms with E-state index < -0.39 is 0 Å². The average molecular weight is 401 g/mol. The third-order valence-corrected chi connectivity index (χ3v) is 5.87. The molecule has 0 spiro atoms. The van der Waals surface area contributed by atoms with Gasteiger partial charge in [0, 0.05) is 50.1 Å². The normalized spacial score (nSPS) is 16.2. The van der Waals surface area contributed by atoms with E-state index in [4.69, 9.17) is 0 Å². The summed E-state index contributed by atoms with van der Waals surface area (Å²) in [6.07, 6.45) is 5.63. The van der Waals surface area contributed by atoms with Crippen molar-refractivity contribution in [1.29, 1.82) is 0 Å². The summed E-state index contributed by atoms with van der Waals surface area (Å²) in [7, 11) is 0. The van der Waals surface area contributed by atoms with E-state index in [1.165, 1.54) is 11.1 Å². The fourth-order valence-corrected chi connectivity index (χ4v) is 4.22. The molecule has 1 aliphatic heterocycles. The monoisotopic (exact) mass is 400 g/mol. The Labute approximate surface area is 178 Å². The minimum Gasteiger partial charge on any atom is -0.347 e. The molecule has 1 N–H and O–H groups in total. The van der Waals surface area contributed by atoms with Gasteiger partial charge >= 0.3 is 0 Å². The van der Waals surface area contributed by atoms with E-state index >= 15 is 0 Å². The summed E-state index contributed by atoms with van der Waals surface area (Å²) in [5.41, 5.74) is 4.28. The number of aryl methyl sites for hydroxylation is 1. The lowest BCUT2D eigenvalue weighted by Gasteiger charge is -2.42. The molecule has 1 aromatic heterocycles. The van der Waals surface area contributed by atoms with Crippen LogP contribution < -0.4 is 5.32 Å². The topological polar surface area (TPSA) is 58.1 Å². The first-order valence-electron chi connectivity index (χ1n) is 10.5. The maximum Gasteiger partial charge on any atom is 0.217 e. The average Bonchev–Trinajstić information content (AvgIpc) is 2.77. The van der Waals surface area contributed by atoms with Crippen molar-refractivity contribution in [2.75, 3.05) is 13.1 Å². The van der Waals surface area contributed by atoms with Crippen LogP contribution in [0.4, 0.5) is 0 Å². The molecule has 0 aliphatic carbocycles. The van der Waals surface area contributed by atoms with Crippen LogP contribution >= 0.6 is 0 Å². The SMILES string of the molecule is CC(=O)NC1(c2ccccc2)CCN(Cc2cnc(-c3ccc(C)cc3)nc2)CC1. The zero-order chi connectivity index (χ0) is 21.0. The van der Waals surface area contributed by atoms with Crippen molar-refractivity contribution in [2.24, 2.45) is 0 Å². The summed E-state index contributed by atoms with van der Waals surface area (Å²) in [4.78, 5) is 23.4. The molecule has 30 heavy (non-hydrogen) atoms. The molecule has 0 bridgehead atoms. The molecule has 0 unspecified atom stereocenters. The highest BCUT2D eigenvalue weighted by Crippen LogP contribution is 2.33. The molecule has 5 nitrogen and oxygen atoms in total. The van der Waals surface area contributed by atoms with E-state index in [2.05, 4.69) is 63.5 Å². The number of piperidine rings is 1. The van der Waals surface area contributed by atoms with Crippen molar-refractivity contribution in [3.05, 3.63) is 83.7 Å². The highest BCUT2D eigenvalue weighted by molar-refractivity contribution is 5.74. The fourth-order valence-electron chi connectivity index (χ4n) is 4.22. The molecule has 3 aromatic rings. The van der Waals surface area contributed by atoms with E-state index in [1.54, 1.807) is 6.92 Å². The van der Waals surface area contributed by atoms with Gasteiger partial charge in [-0.2, -0.15) is 0 Å². The van der Waals surface area contributed by atoms with Crippen LogP contribution in [-0.2, 0) is 16.9 Å². The molecule has 154 valence electrons. The Bertz CT molecular complexity index is 976. The third kappa shape index (κ3) is 4.57. The molecule has 1 aliphatic rings. The van der Waals surface area contributed by atoms with Crippen LogP contribution in [0.2, 0.25) is 0 Å². The number of carbonyl (C=O) groups excluding carboxylic acids is 1. The number of carbonyl (C=O) groups is 1. The summed E-state index contributed by atoms with van der Waals surface area (Å²) in [6.45, 7) is 6.32. The molecule has 1 fully saturated rings. The van der Waals surface area contributed by atoms with Crippen LogP contribution in [0.15, 0.2) is 67.0 Å². The zero-order valence-electron chi connectivity index (χ0n) is 17.6. The van der Waals surface area contributed by atoms with Crippen molar-refractivity contribution in [3.63, 3.8) is 0 Å². The molecule has 2 aromatic carbocycles. The number of aromatic nitrogens is 2. The van der Waals surface area contributed by atoms with Crippen molar-refractivity contribution < 1.29 is 4.79 Å². The minimum atomic E-state index is -0.282. The van der Waals surface area contributed by atoms with E-state index in [9.17, 15) is 4.79 Å². The van der Waals surface area contributed by atoms with E-state index in [0.717, 1.165) is 49.4 Å². The summed E-state index contributed by atoms with van der Waals surface area (Å²) in [6, 6.07) is 18.6. The van der Waals surface area contributed by atoms with Gasteiger partial charge in [0.25, 0.3) is 0 Å². The number of rotatable bonds is 5. The highest BCUT2D eigenvalue weighted by atomic mass is 16.1. The minimum absolute atomic E-state index is 0.0207. The number of likely N-dealkylation sites (tertiary alicyclic amines) is 1. The molecular weight excluding hydrogens is 372 g/mol. The summed E-state index contributed by atoms with van der Waals surface area (Å²) in [5, 5.41) is 3.24. The molecule has 0 radical (unpaired) electrons. The second-order valence-electron chi connectivity index (χ2n) is 8.19. The van der Waals surface area contributed by atoms with Crippen LogP contribution in [0.5, 0.6) is 0 Å². The Morgan fingerprint density at radius 3 is 2.23 bits per heavy atom. The molecule has 4 rings (SSSR count). The second-order valence-corrected chi connectivity index (χ2v) is 8.19. The van der Waals surface area contributed by atoms with Crippen molar-refractivity contribution in [3.8, 4) is 11.4 Å². The van der Waals surface area contributed by atoms with Crippen LogP contribution in [0.3, 0.4) is 0 Å². The van der Waals surface area contributed by atoms with E-state index in [0.29, 0.717) is 0 Å². The first kappa shape index (κ1) is 20.2. The largest absolute Gasteiger partial charge is 0.347 e. The standard InChI is InChI=1S/C25H28N4O/c1-19-8-10-22(11-9-19)24-26-16-21(17-27-24)18-29-14-12-25(13-15-29,28-20(2)30)23-6-4-3-5-7-23/h3-11,16-17H,12-15,18H2,1-2H3,(H,28,30). The lowest BCUT2D eigenvalue weighted by Crippen LogP contribution is -2.52. The molecule has 5 heteroatoms. The van der Waals surface area contributed by atoms with Crippen molar-refractivity contribution in [1.82, 2.24) is 20.2 Å². The van der Waals surface area contributed by atoms with Gasteiger partial charge < -0.3 is 5.32 Å². The predicted molar refractivity (Wildman–Crippen MR) is 119 cm³/mol. The maximum atomic E-state index is 11.9. The number of benzene rings is 2. The van der Waals surface area contributed by atoms with Crippen molar-refractivity contribution >= 4 is 5.91 Å². The van der Waals surface area contributed by atoms with Gasteiger partial charge in [0.1, 0.15) is 0 Å². The lowest BCUT2D eigenvalue weighted by molar-refractivity contribution is -0.121. The van der Waals surface area contributed by atoms with Gasteiger partial charge in [0.2, 0.25) is 5.91 Å². The number of hydrogen-bond donors (Lipinski definition) is 1. The first-order chi connectivity index (χ1) is 14.5. The number of nitrogens with zero attached hydrogens (tertiary/aromatic N) is 3. The Kier molecular flexibility index (Phi) is 5.91. The molecule has 0 saturated carbocycles. The van der Waals surface area contributed by atoms with Gasteiger partial charge in [-0.1, -0.05) is 60.2 Å². The summed E-state index contributed by atoms with van der Waals surface area (Å²) < 4.78 is 0. The maximum absolute atomic E-state index is 11.9. The van der Waals surface area contributed by atoms with Crippen molar-refractivity contribution in [2.45, 2.75) is 38.8 Å². The third-order valence-electron chi connectivity index (χ3n) is 5.87. The fraction of sp³-hybridized carbons (Fsp3) is 0.320.